The highest BCUT2D eigenvalue weighted by Gasteiger charge is 2.25. The van der Waals surface area contributed by atoms with Crippen molar-refractivity contribution in [2.24, 2.45) is 0 Å². The summed E-state index contributed by atoms with van der Waals surface area (Å²) in [6.07, 6.45) is 0. The highest BCUT2D eigenvalue weighted by atomic mass is 32.1. The highest BCUT2D eigenvalue weighted by Crippen LogP contribution is 2.24. The van der Waals surface area contributed by atoms with Crippen molar-refractivity contribution >= 4 is 35.9 Å². The Morgan fingerprint density at radius 2 is 1.80 bits per heavy atom. The first-order valence-electron chi connectivity index (χ1n) is 7.71. The molecule has 2 aromatic carbocycles. The first-order chi connectivity index (χ1) is 12.0. The molecule has 0 bridgehead atoms. The van der Waals surface area contributed by atoms with E-state index in [0.717, 1.165) is 5.56 Å². The molecule has 132 valence electrons. The maximum Gasteiger partial charge on any atom is 0.327 e. The van der Waals surface area contributed by atoms with E-state index in [1.54, 1.807) is 29.2 Å². The highest BCUT2D eigenvalue weighted by molar-refractivity contribution is 7.80. The van der Waals surface area contributed by atoms with Crippen LogP contribution in [0.5, 0.6) is 0 Å². The van der Waals surface area contributed by atoms with Gasteiger partial charge in [0.15, 0.2) is 0 Å². The molecule has 0 radical (unpaired) electrons. The van der Waals surface area contributed by atoms with Gasteiger partial charge in [-0.3, -0.25) is 4.79 Å². The summed E-state index contributed by atoms with van der Waals surface area (Å²) >= 11 is 4.19. The average molecular weight is 360 g/mol. The van der Waals surface area contributed by atoms with Crippen molar-refractivity contribution < 1.29 is 19.8 Å². The molecule has 2 aromatic rings. The van der Waals surface area contributed by atoms with Crippen LogP contribution in [0.2, 0.25) is 0 Å². The first kappa shape index (κ1) is 18.7. The van der Waals surface area contributed by atoms with Crippen LogP contribution in [0.3, 0.4) is 0 Å². The Hall–Kier alpha value is -2.67. The molecule has 2 rings (SSSR count). The van der Waals surface area contributed by atoms with Crippen LogP contribution in [0.4, 0.5) is 11.4 Å². The lowest BCUT2D eigenvalue weighted by Gasteiger charge is -2.30. The van der Waals surface area contributed by atoms with E-state index in [0.29, 0.717) is 17.9 Å². The van der Waals surface area contributed by atoms with E-state index < -0.39 is 18.0 Å². The standard InChI is InChI=1S/C18H20N2O4S/c21-17(22)10-19-14-7-4-8-15(9-14)20(16(12-25)18(23)24)11-13-5-2-1-3-6-13/h1-9,16,19,25H,10-12H2,(H,21,22)(H,23,24)/t16-/m0/s1. The van der Waals surface area contributed by atoms with Gasteiger partial charge in [0.05, 0.1) is 0 Å². The molecule has 0 aliphatic rings. The maximum absolute atomic E-state index is 11.7. The van der Waals surface area contributed by atoms with E-state index in [-0.39, 0.29) is 12.3 Å². The molecule has 0 saturated carbocycles. The molecule has 0 fully saturated rings. The van der Waals surface area contributed by atoms with Crippen molar-refractivity contribution in [1.82, 2.24) is 0 Å². The summed E-state index contributed by atoms with van der Waals surface area (Å²) in [5.74, 6) is -1.78. The predicted molar refractivity (Wildman–Crippen MR) is 100 cm³/mol. The van der Waals surface area contributed by atoms with E-state index in [1.807, 2.05) is 30.3 Å². The van der Waals surface area contributed by atoms with E-state index in [1.165, 1.54) is 0 Å². The fourth-order valence-electron chi connectivity index (χ4n) is 2.44. The Morgan fingerprint density at radius 3 is 2.40 bits per heavy atom. The third-order valence-electron chi connectivity index (χ3n) is 3.65. The number of carboxylic acids is 2. The fraction of sp³-hybridized carbons (Fsp3) is 0.222. The largest absolute Gasteiger partial charge is 0.480 e. The minimum absolute atomic E-state index is 0.148. The molecule has 0 saturated heterocycles. The van der Waals surface area contributed by atoms with Gasteiger partial charge < -0.3 is 20.4 Å². The third kappa shape index (κ3) is 5.42. The molecule has 3 N–H and O–H groups in total. The van der Waals surface area contributed by atoms with Crippen LogP contribution >= 0.6 is 12.6 Å². The number of hydrogen-bond acceptors (Lipinski definition) is 5. The second-order valence-corrected chi connectivity index (χ2v) is 5.81. The van der Waals surface area contributed by atoms with Gasteiger partial charge in [-0.2, -0.15) is 12.6 Å². The van der Waals surface area contributed by atoms with Crippen molar-refractivity contribution in [1.29, 1.82) is 0 Å². The number of carboxylic acid groups (broad SMARTS) is 2. The van der Waals surface area contributed by atoms with Gasteiger partial charge in [0, 0.05) is 23.7 Å². The monoisotopic (exact) mass is 360 g/mol. The van der Waals surface area contributed by atoms with Crippen molar-refractivity contribution in [3.8, 4) is 0 Å². The van der Waals surface area contributed by atoms with Gasteiger partial charge in [0.1, 0.15) is 12.6 Å². The van der Waals surface area contributed by atoms with Crippen molar-refractivity contribution in [2.45, 2.75) is 12.6 Å². The van der Waals surface area contributed by atoms with Crippen LogP contribution < -0.4 is 10.2 Å². The Morgan fingerprint density at radius 1 is 1.08 bits per heavy atom. The van der Waals surface area contributed by atoms with Gasteiger partial charge in [-0.15, -0.1) is 0 Å². The average Bonchev–Trinajstić information content (AvgIpc) is 2.60. The maximum atomic E-state index is 11.7. The second-order valence-electron chi connectivity index (χ2n) is 5.45. The molecular formula is C18H20N2O4S. The van der Waals surface area contributed by atoms with Crippen molar-refractivity contribution in [3.63, 3.8) is 0 Å². The smallest absolute Gasteiger partial charge is 0.327 e. The molecule has 0 amide bonds. The molecule has 1 atom stereocenters. The fourth-order valence-corrected chi connectivity index (χ4v) is 2.80. The molecule has 0 heterocycles. The van der Waals surface area contributed by atoms with Gasteiger partial charge >= 0.3 is 11.9 Å². The first-order valence-corrected chi connectivity index (χ1v) is 8.34. The summed E-state index contributed by atoms with van der Waals surface area (Å²) in [5.41, 5.74) is 2.27. The van der Waals surface area contributed by atoms with Crippen LogP contribution in [0.15, 0.2) is 54.6 Å². The number of anilines is 2. The van der Waals surface area contributed by atoms with Crippen molar-refractivity contribution in [3.05, 3.63) is 60.2 Å². The minimum atomic E-state index is -0.967. The van der Waals surface area contributed by atoms with Gasteiger partial charge in [0.25, 0.3) is 0 Å². The summed E-state index contributed by atoms with van der Waals surface area (Å²) in [4.78, 5) is 24.1. The molecule has 25 heavy (non-hydrogen) atoms. The van der Waals surface area contributed by atoms with Gasteiger partial charge in [0.2, 0.25) is 0 Å². The summed E-state index contributed by atoms with van der Waals surface area (Å²) in [7, 11) is 0. The number of thiol groups is 1. The van der Waals surface area contributed by atoms with Crippen LogP contribution in [0.1, 0.15) is 5.56 Å². The topological polar surface area (TPSA) is 89.9 Å². The zero-order valence-electron chi connectivity index (χ0n) is 13.5. The molecule has 0 unspecified atom stereocenters. The molecule has 0 aromatic heterocycles. The lowest BCUT2D eigenvalue weighted by atomic mass is 10.1. The normalized spacial score (nSPS) is 11.6. The number of aliphatic carboxylic acids is 2. The lowest BCUT2D eigenvalue weighted by molar-refractivity contribution is -0.138. The Balaban J connectivity index is 2.32. The number of nitrogens with zero attached hydrogens (tertiary/aromatic N) is 1. The number of benzene rings is 2. The third-order valence-corrected chi connectivity index (χ3v) is 4.00. The van der Waals surface area contributed by atoms with Crippen LogP contribution in [0, 0.1) is 0 Å². The molecule has 0 aliphatic carbocycles. The Bertz CT molecular complexity index is 724. The summed E-state index contributed by atoms with van der Waals surface area (Å²) in [5, 5.41) is 21.1. The quantitative estimate of drug-likeness (QED) is 0.514. The zero-order valence-corrected chi connectivity index (χ0v) is 14.4. The van der Waals surface area contributed by atoms with Crippen LogP contribution in [0.25, 0.3) is 0 Å². The molecule has 0 spiro atoms. The van der Waals surface area contributed by atoms with Gasteiger partial charge in [-0.1, -0.05) is 36.4 Å². The van der Waals surface area contributed by atoms with Gasteiger partial charge in [-0.25, -0.2) is 4.79 Å². The summed E-state index contributed by atoms with van der Waals surface area (Å²) in [6, 6.07) is 15.8. The minimum Gasteiger partial charge on any atom is -0.480 e. The summed E-state index contributed by atoms with van der Waals surface area (Å²) < 4.78 is 0. The number of rotatable bonds is 9. The van der Waals surface area contributed by atoms with Gasteiger partial charge in [-0.05, 0) is 23.8 Å². The SMILES string of the molecule is O=C(O)CNc1cccc(N(Cc2ccccc2)[C@@H](CS)C(=O)O)c1. The zero-order chi connectivity index (χ0) is 18.2. The van der Waals surface area contributed by atoms with E-state index in [9.17, 15) is 14.7 Å². The molecule has 6 nitrogen and oxygen atoms in total. The Kier molecular flexibility index (Phi) is 6.71. The van der Waals surface area contributed by atoms with E-state index in [2.05, 4.69) is 17.9 Å². The van der Waals surface area contributed by atoms with Crippen molar-refractivity contribution in [2.75, 3.05) is 22.5 Å². The van der Waals surface area contributed by atoms with Crippen LogP contribution in [-0.4, -0.2) is 40.5 Å². The van der Waals surface area contributed by atoms with E-state index >= 15 is 0 Å². The Labute approximate surface area is 151 Å². The summed E-state index contributed by atoms with van der Waals surface area (Å²) in [6.45, 7) is 0.192. The number of nitrogens with one attached hydrogen (secondary N) is 1. The lowest BCUT2D eigenvalue weighted by Crippen LogP contribution is -2.42. The second kappa shape index (κ2) is 8.98. The van der Waals surface area contributed by atoms with Crippen LogP contribution in [-0.2, 0) is 16.1 Å². The number of hydrogen-bond donors (Lipinski definition) is 4. The molecular weight excluding hydrogens is 340 g/mol. The molecule has 7 heteroatoms. The predicted octanol–water partition coefficient (Wildman–Crippen LogP) is 2.57. The number of carbonyl (C=O) groups is 2. The van der Waals surface area contributed by atoms with E-state index in [4.69, 9.17) is 5.11 Å². The molecule has 0 aliphatic heterocycles.